The predicted molar refractivity (Wildman–Crippen MR) is 35.9 cm³/mol. The molecule has 0 saturated carbocycles. The minimum atomic E-state index is 0.0644. The van der Waals surface area contributed by atoms with Crippen LogP contribution in [0, 0.1) is 0 Å². The lowest BCUT2D eigenvalue weighted by atomic mass is 10.6. The molecule has 0 aromatic heterocycles. The van der Waals surface area contributed by atoms with Crippen LogP contribution < -0.4 is 5.32 Å². The third-order valence-electron chi connectivity index (χ3n) is 0.769. The van der Waals surface area contributed by atoms with Crippen LogP contribution in [0.4, 0.5) is 0 Å². The van der Waals surface area contributed by atoms with Crippen LogP contribution >= 0.6 is 0 Å². The van der Waals surface area contributed by atoms with Gasteiger partial charge in [-0.2, -0.15) is 0 Å². The molecule has 0 saturated heterocycles. The number of aliphatic hydroxyl groups excluding tert-OH is 1. The fraction of sp³-hybridized carbons (Fsp3) is 0.667. The van der Waals surface area contributed by atoms with Crippen molar-refractivity contribution in [2.45, 2.75) is 6.92 Å². The average Bonchev–Trinajstić information content (AvgIpc) is 1.85. The van der Waals surface area contributed by atoms with Gasteiger partial charge in [0.1, 0.15) is 12.4 Å². The summed E-state index contributed by atoms with van der Waals surface area (Å²) in [7, 11) is 1.80. The summed E-state index contributed by atoms with van der Waals surface area (Å²) in [5.74, 6) is 0.784. The fourth-order valence-corrected chi connectivity index (χ4v) is 0.452. The van der Waals surface area contributed by atoms with Crippen molar-refractivity contribution in [2.24, 2.45) is 0 Å². The fourth-order valence-electron chi connectivity index (χ4n) is 0.452. The summed E-state index contributed by atoms with van der Waals surface area (Å²) in [4.78, 5) is 0. The van der Waals surface area contributed by atoms with Crippen LogP contribution in [0.25, 0.3) is 0 Å². The van der Waals surface area contributed by atoms with Crippen molar-refractivity contribution in [3.05, 3.63) is 12.0 Å². The number of nitrogens with one attached hydrogen (secondary N) is 1. The van der Waals surface area contributed by atoms with Crippen LogP contribution in [0.2, 0.25) is 0 Å². The SMILES string of the molecule is CN/C=C(/C)OCCO. The quantitative estimate of drug-likeness (QED) is 0.531. The Labute approximate surface area is 55.3 Å². The van der Waals surface area contributed by atoms with Gasteiger partial charge in [-0.15, -0.1) is 0 Å². The van der Waals surface area contributed by atoms with Gasteiger partial charge in [0, 0.05) is 13.2 Å². The number of allylic oxidation sites excluding steroid dienone is 1. The molecule has 0 aromatic rings. The van der Waals surface area contributed by atoms with E-state index in [2.05, 4.69) is 5.32 Å². The van der Waals surface area contributed by atoms with E-state index < -0.39 is 0 Å². The molecule has 0 unspecified atom stereocenters. The Kier molecular flexibility index (Phi) is 5.01. The molecule has 0 radical (unpaired) electrons. The molecule has 0 atom stereocenters. The first-order valence-electron chi connectivity index (χ1n) is 2.89. The summed E-state index contributed by atoms with van der Waals surface area (Å²) < 4.78 is 4.98. The van der Waals surface area contributed by atoms with Gasteiger partial charge < -0.3 is 15.2 Å². The van der Waals surface area contributed by atoms with E-state index in [0.29, 0.717) is 6.61 Å². The maximum Gasteiger partial charge on any atom is 0.111 e. The number of ether oxygens (including phenoxy) is 1. The van der Waals surface area contributed by atoms with E-state index in [1.54, 1.807) is 13.2 Å². The highest BCUT2D eigenvalue weighted by Crippen LogP contribution is 1.90. The summed E-state index contributed by atoms with van der Waals surface area (Å²) in [6, 6.07) is 0. The minimum Gasteiger partial charge on any atom is -0.494 e. The van der Waals surface area contributed by atoms with Crippen LogP contribution in [0.3, 0.4) is 0 Å². The third kappa shape index (κ3) is 5.17. The maximum absolute atomic E-state index is 8.31. The summed E-state index contributed by atoms with van der Waals surface area (Å²) in [5, 5.41) is 11.1. The second-order valence-electron chi connectivity index (χ2n) is 1.62. The van der Waals surface area contributed by atoms with Gasteiger partial charge in [0.05, 0.1) is 6.61 Å². The van der Waals surface area contributed by atoms with Crippen LogP contribution in [-0.4, -0.2) is 25.4 Å². The molecule has 0 aromatic carbocycles. The zero-order valence-electron chi connectivity index (χ0n) is 5.85. The Bertz CT molecular complexity index is 91.1. The molecule has 0 heterocycles. The zero-order chi connectivity index (χ0) is 7.11. The van der Waals surface area contributed by atoms with Gasteiger partial charge in [0.2, 0.25) is 0 Å². The van der Waals surface area contributed by atoms with Crippen molar-refractivity contribution in [3.63, 3.8) is 0 Å². The van der Waals surface area contributed by atoms with Crippen molar-refractivity contribution in [1.29, 1.82) is 0 Å². The molecular formula is C6H13NO2. The average molecular weight is 131 g/mol. The minimum absolute atomic E-state index is 0.0644. The molecule has 0 fully saturated rings. The van der Waals surface area contributed by atoms with Gasteiger partial charge in [0.15, 0.2) is 0 Å². The Hall–Kier alpha value is -0.700. The zero-order valence-corrected chi connectivity index (χ0v) is 5.85. The van der Waals surface area contributed by atoms with E-state index >= 15 is 0 Å². The summed E-state index contributed by atoms with van der Waals surface area (Å²) in [6.07, 6.45) is 1.73. The van der Waals surface area contributed by atoms with E-state index in [1.807, 2.05) is 6.92 Å². The lowest BCUT2D eigenvalue weighted by Crippen LogP contribution is -2.01. The highest BCUT2D eigenvalue weighted by atomic mass is 16.5. The normalized spacial score (nSPS) is 11.2. The Morgan fingerprint density at radius 2 is 2.44 bits per heavy atom. The molecule has 0 bridgehead atoms. The van der Waals surface area contributed by atoms with Gasteiger partial charge in [-0.3, -0.25) is 0 Å². The smallest absolute Gasteiger partial charge is 0.111 e. The molecule has 3 heteroatoms. The molecular weight excluding hydrogens is 118 g/mol. The first kappa shape index (κ1) is 8.30. The van der Waals surface area contributed by atoms with Crippen molar-refractivity contribution in [3.8, 4) is 0 Å². The van der Waals surface area contributed by atoms with Gasteiger partial charge in [-0.05, 0) is 6.92 Å². The van der Waals surface area contributed by atoms with Crippen LogP contribution in [-0.2, 0) is 4.74 Å². The molecule has 0 spiro atoms. The summed E-state index contributed by atoms with van der Waals surface area (Å²) >= 11 is 0. The molecule has 54 valence electrons. The summed E-state index contributed by atoms with van der Waals surface area (Å²) in [6.45, 7) is 2.26. The van der Waals surface area contributed by atoms with E-state index in [4.69, 9.17) is 9.84 Å². The molecule has 0 aliphatic heterocycles. The van der Waals surface area contributed by atoms with Crippen LogP contribution in [0.5, 0.6) is 0 Å². The van der Waals surface area contributed by atoms with Crippen molar-refractivity contribution in [2.75, 3.05) is 20.3 Å². The first-order chi connectivity index (χ1) is 4.31. The van der Waals surface area contributed by atoms with Gasteiger partial charge in [-0.1, -0.05) is 0 Å². The maximum atomic E-state index is 8.31. The molecule has 3 nitrogen and oxygen atoms in total. The van der Waals surface area contributed by atoms with Gasteiger partial charge in [-0.25, -0.2) is 0 Å². The first-order valence-corrected chi connectivity index (χ1v) is 2.89. The highest BCUT2D eigenvalue weighted by molar-refractivity contribution is 4.84. The largest absolute Gasteiger partial charge is 0.494 e. The Morgan fingerprint density at radius 1 is 1.78 bits per heavy atom. The Balaban J connectivity index is 3.25. The molecule has 0 rings (SSSR count). The molecule has 2 N–H and O–H groups in total. The molecule has 0 aliphatic rings. The Morgan fingerprint density at radius 3 is 2.89 bits per heavy atom. The molecule has 0 amide bonds. The predicted octanol–water partition coefficient (Wildman–Crippen LogP) is 0.0760. The number of rotatable bonds is 4. The van der Waals surface area contributed by atoms with E-state index in [0.717, 1.165) is 5.76 Å². The number of aliphatic hydroxyl groups is 1. The lowest BCUT2D eigenvalue weighted by Gasteiger charge is -2.02. The number of hydrogen-bond acceptors (Lipinski definition) is 3. The van der Waals surface area contributed by atoms with Crippen molar-refractivity contribution in [1.82, 2.24) is 5.32 Å². The summed E-state index contributed by atoms with van der Waals surface area (Å²) in [5.41, 5.74) is 0. The topological polar surface area (TPSA) is 41.5 Å². The van der Waals surface area contributed by atoms with E-state index in [1.165, 1.54) is 0 Å². The monoisotopic (exact) mass is 131 g/mol. The second-order valence-corrected chi connectivity index (χ2v) is 1.62. The van der Waals surface area contributed by atoms with Gasteiger partial charge >= 0.3 is 0 Å². The van der Waals surface area contributed by atoms with Crippen LogP contribution in [0.1, 0.15) is 6.92 Å². The van der Waals surface area contributed by atoms with E-state index in [9.17, 15) is 0 Å². The van der Waals surface area contributed by atoms with E-state index in [-0.39, 0.29) is 6.61 Å². The third-order valence-corrected chi connectivity index (χ3v) is 0.769. The molecule has 0 aliphatic carbocycles. The van der Waals surface area contributed by atoms with Crippen molar-refractivity contribution >= 4 is 0 Å². The standard InChI is InChI=1S/C6H13NO2/c1-6(5-7-2)9-4-3-8/h5,7-8H,3-4H2,1-2H3/b6-5-. The highest BCUT2D eigenvalue weighted by Gasteiger charge is 1.84. The van der Waals surface area contributed by atoms with Gasteiger partial charge in [0.25, 0.3) is 0 Å². The second kappa shape index (κ2) is 5.44. The number of hydrogen-bond donors (Lipinski definition) is 2. The van der Waals surface area contributed by atoms with Crippen molar-refractivity contribution < 1.29 is 9.84 Å². The van der Waals surface area contributed by atoms with Crippen LogP contribution in [0.15, 0.2) is 12.0 Å². The molecule has 9 heavy (non-hydrogen) atoms. The lowest BCUT2D eigenvalue weighted by molar-refractivity contribution is 0.145.